The number of fused-ring (bicyclic) bond motifs is 2. The molecule has 2 atom stereocenters. The zero-order valence-electron chi connectivity index (χ0n) is 14.4. The fourth-order valence-electron chi connectivity index (χ4n) is 4.54. The van der Waals surface area contributed by atoms with E-state index in [-0.39, 0.29) is 24.1 Å². The van der Waals surface area contributed by atoms with Crippen LogP contribution in [-0.4, -0.2) is 49.2 Å². The number of benzene rings is 1. The van der Waals surface area contributed by atoms with E-state index in [0.717, 1.165) is 31.5 Å². The van der Waals surface area contributed by atoms with Crippen molar-refractivity contribution < 1.29 is 13.9 Å². The van der Waals surface area contributed by atoms with Gasteiger partial charge in [-0.2, -0.15) is 0 Å². The summed E-state index contributed by atoms with van der Waals surface area (Å²) in [5, 5.41) is 3.63. The minimum absolute atomic E-state index is 0. The fourth-order valence-corrected chi connectivity index (χ4v) is 4.54. The van der Waals surface area contributed by atoms with Gasteiger partial charge in [-0.25, -0.2) is 4.39 Å². The van der Waals surface area contributed by atoms with Crippen molar-refractivity contribution >= 4 is 18.3 Å². The normalized spacial score (nSPS) is 28.1. The van der Waals surface area contributed by atoms with Crippen LogP contribution < -0.4 is 5.32 Å². The molecule has 3 aliphatic rings. The lowest BCUT2D eigenvalue weighted by molar-refractivity contribution is -0.141. The molecule has 3 saturated heterocycles. The molecule has 1 amide bonds. The lowest BCUT2D eigenvalue weighted by atomic mass is 9.73. The van der Waals surface area contributed by atoms with Crippen molar-refractivity contribution in [3.8, 4) is 0 Å². The molecule has 1 N–H and O–H groups in total. The van der Waals surface area contributed by atoms with Crippen molar-refractivity contribution in [2.24, 2.45) is 0 Å². The van der Waals surface area contributed by atoms with E-state index in [9.17, 15) is 9.18 Å². The summed E-state index contributed by atoms with van der Waals surface area (Å²) in [6, 6.07) is 7.47. The molecule has 1 aromatic rings. The number of ether oxygens (including phenoxy) is 1. The Bertz CT molecular complexity index is 604. The second kappa shape index (κ2) is 7.60. The van der Waals surface area contributed by atoms with Gasteiger partial charge < -0.3 is 15.0 Å². The van der Waals surface area contributed by atoms with Crippen LogP contribution in [0.5, 0.6) is 0 Å². The first kappa shape index (κ1) is 18.6. The third-order valence-electron chi connectivity index (χ3n) is 5.96. The van der Waals surface area contributed by atoms with Gasteiger partial charge in [-0.15, -0.1) is 12.4 Å². The molecule has 1 aromatic carbocycles. The van der Waals surface area contributed by atoms with E-state index in [1.807, 2.05) is 4.90 Å². The van der Waals surface area contributed by atoms with E-state index >= 15 is 0 Å². The molecular formula is C19H26ClFN2O2. The topological polar surface area (TPSA) is 41.6 Å². The van der Waals surface area contributed by atoms with Crippen LogP contribution in [0, 0.1) is 5.82 Å². The highest BCUT2D eigenvalue weighted by Gasteiger charge is 2.45. The first-order valence-corrected chi connectivity index (χ1v) is 9.07. The maximum absolute atomic E-state index is 13.5. The lowest BCUT2D eigenvalue weighted by Crippen LogP contribution is -2.52. The van der Waals surface area contributed by atoms with Crippen molar-refractivity contribution in [2.75, 3.05) is 26.3 Å². The number of halogens is 2. The summed E-state index contributed by atoms with van der Waals surface area (Å²) in [7, 11) is 0. The standard InChI is InChI=1S/C19H25FN2O2.ClH/c20-15-3-1-14(2-4-15)19(8-11-24-12-9-19)18(23)22-10-7-16-5-6-17(13-22)21-16;/h1-4,16-17,21H,5-13H2;1H. The summed E-state index contributed by atoms with van der Waals surface area (Å²) >= 11 is 0. The van der Waals surface area contributed by atoms with E-state index in [1.165, 1.54) is 18.6 Å². The zero-order valence-corrected chi connectivity index (χ0v) is 15.2. The maximum Gasteiger partial charge on any atom is 0.233 e. The Morgan fingerprint density at radius 2 is 1.80 bits per heavy atom. The van der Waals surface area contributed by atoms with Crippen molar-refractivity contribution in [1.29, 1.82) is 0 Å². The molecule has 0 aromatic heterocycles. The number of carbonyl (C=O) groups is 1. The van der Waals surface area contributed by atoms with Gasteiger partial charge >= 0.3 is 0 Å². The second-order valence-electron chi connectivity index (χ2n) is 7.38. The minimum atomic E-state index is -0.560. The van der Waals surface area contributed by atoms with E-state index < -0.39 is 5.41 Å². The molecule has 138 valence electrons. The summed E-state index contributed by atoms with van der Waals surface area (Å²) in [6.07, 6.45) is 4.76. The van der Waals surface area contributed by atoms with Gasteiger partial charge in [-0.1, -0.05) is 12.1 Å². The first-order valence-electron chi connectivity index (χ1n) is 9.07. The number of hydrogen-bond donors (Lipinski definition) is 1. The number of hydrogen-bond acceptors (Lipinski definition) is 3. The molecule has 2 unspecified atom stereocenters. The Labute approximate surface area is 154 Å². The maximum atomic E-state index is 13.5. The average Bonchev–Trinajstić information content (AvgIpc) is 2.94. The molecule has 3 fully saturated rings. The Morgan fingerprint density at radius 3 is 2.52 bits per heavy atom. The molecule has 4 rings (SSSR count). The fraction of sp³-hybridized carbons (Fsp3) is 0.632. The summed E-state index contributed by atoms with van der Waals surface area (Å²) in [5.41, 5.74) is 0.370. The van der Waals surface area contributed by atoms with Gasteiger partial charge in [0.05, 0.1) is 5.41 Å². The molecule has 6 heteroatoms. The Balaban J connectivity index is 0.00000182. The summed E-state index contributed by atoms with van der Waals surface area (Å²) in [6.45, 7) is 2.78. The predicted molar refractivity (Wildman–Crippen MR) is 96.5 cm³/mol. The molecule has 2 bridgehead atoms. The van der Waals surface area contributed by atoms with E-state index in [4.69, 9.17) is 4.74 Å². The summed E-state index contributed by atoms with van der Waals surface area (Å²) in [4.78, 5) is 15.6. The van der Waals surface area contributed by atoms with Gasteiger partial charge in [-0.05, 0) is 49.8 Å². The number of carbonyl (C=O) groups excluding carboxylic acids is 1. The first-order chi connectivity index (χ1) is 11.7. The smallest absolute Gasteiger partial charge is 0.233 e. The van der Waals surface area contributed by atoms with Crippen LogP contribution in [0.15, 0.2) is 24.3 Å². The van der Waals surface area contributed by atoms with Gasteiger partial charge in [0.15, 0.2) is 0 Å². The van der Waals surface area contributed by atoms with Crippen molar-refractivity contribution in [3.63, 3.8) is 0 Å². The van der Waals surface area contributed by atoms with Crippen LogP contribution >= 0.6 is 12.4 Å². The number of nitrogens with one attached hydrogen (secondary N) is 1. The second-order valence-corrected chi connectivity index (χ2v) is 7.38. The minimum Gasteiger partial charge on any atom is -0.381 e. The monoisotopic (exact) mass is 368 g/mol. The number of amides is 1. The van der Waals surface area contributed by atoms with E-state index in [0.29, 0.717) is 38.1 Å². The van der Waals surface area contributed by atoms with Crippen LogP contribution in [-0.2, 0) is 14.9 Å². The third-order valence-corrected chi connectivity index (χ3v) is 5.96. The van der Waals surface area contributed by atoms with Gasteiger partial charge in [-0.3, -0.25) is 4.79 Å². The van der Waals surface area contributed by atoms with Crippen LogP contribution in [0.1, 0.15) is 37.7 Å². The Hall–Kier alpha value is -1.17. The highest BCUT2D eigenvalue weighted by Crippen LogP contribution is 2.37. The van der Waals surface area contributed by atoms with Crippen LogP contribution in [0.4, 0.5) is 4.39 Å². The molecule has 0 aliphatic carbocycles. The lowest BCUT2D eigenvalue weighted by Gasteiger charge is -2.40. The van der Waals surface area contributed by atoms with Crippen molar-refractivity contribution in [2.45, 2.75) is 49.6 Å². The number of likely N-dealkylation sites (tertiary alicyclic amines) is 1. The Morgan fingerprint density at radius 1 is 1.12 bits per heavy atom. The van der Waals surface area contributed by atoms with Gasteiger partial charge in [0.2, 0.25) is 5.91 Å². The molecule has 0 spiro atoms. The predicted octanol–water partition coefficient (Wildman–Crippen LogP) is 2.65. The molecule has 4 nitrogen and oxygen atoms in total. The molecule has 0 saturated carbocycles. The van der Waals surface area contributed by atoms with Crippen LogP contribution in [0.2, 0.25) is 0 Å². The Kier molecular flexibility index (Phi) is 5.66. The van der Waals surface area contributed by atoms with E-state index in [1.54, 1.807) is 12.1 Å². The highest BCUT2D eigenvalue weighted by atomic mass is 35.5. The van der Waals surface area contributed by atoms with Gasteiger partial charge in [0, 0.05) is 38.4 Å². The van der Waals surface area contributed by atoms with Crippen molar-refractivity contribution in [3.05, 3.63) is 35.6 Å². The van der Waals surface area contributed by atoms with Gasteiger partial charge in [0.1, 0.15) is 5.82 Å². The molecule has 0 radical (unpaired) electrons. The quantitative estimate of drug-likeness (QED) is 0.872. The molecular weight excluding hydrogens is 343 g/mol. The molecule has 25 heavy (non-hydrogen) atoms. The van der Waals surface area contributed by atoms with Crippen LogP contribution in [0.25, 0.3) is 0 Å². The summed E-state index contributed by atoms with van der Waals surface area (Å²) < 4.78 is 18.9. The van der Waals surface area contributed by atoms with E-state index in [2.05, 4.69) is 5.32 Å². The zero-order chi connectivity index (χ0) is 16.6. The van der Waals surface area contributed by atoms with Crippen molar-refractivity contribution in [1.82, 2.24) is 10.2 Å². The highest BCUT2D eigenvalue weighted by molar-refractivity contribution is 5.88. The largest absolute Gasteiger partial charge is 0.381 e. The molecule has 3 aliphatic heterocycles. The SMILES string of the molecule is Cl.O=C(N1CCC2CCC(C1)N2)C1(c2ccc(F)cc2)CCOCC1. The van der Waals surface area contributed by atoms with Gasteiger partial charge in [0.25, 0.3) is 0 Å². The molecule has 3 heterocycles. The number of nitrogens with zero attached hydrogens (tertiary/aromatic N) is 1. The third kappa shape index (κ3) is 3.55. The summed E-state index contributed by atoms with van der Waals surface area (Å²) in [5.74, 6) is -0.0588. The average molecular weight is 369 g/mol. The number of rotatable bonds is 2. The van der Waals surface area contributed by atoms with Crippen LogP contribution in [0.3, 0.4) is 0 Å².